The zero-order valence-corrected chi connectivity index (χ0v) is 13.9. The lowest BCUT2D eigenvalue weighted by molar-refractivity contribution is -0.121. The molecule has 3 aromatic heterocycles. The van der Waals surface area contributed by atoms with Crippen LogP contribution in [-0.2, 0) is 30.7 Å². The zero-order valence-electron chi connectivity index (χ0n) is 13.1. The second kappa shape index (κ2) is 6.24. The van der Waals surface area contributed by atoms with Crippen LogP contribution in [0.4, 0.5) is 0 Å². The number of hydrogen-bond acceptors (Lipinski definition) is 5. The van der Waals surface area contributed by atoms with Crippen molar-refractivity contribution in [2.45, 2.75) is 38.8 Å². The summed E-state index contributed by atoms with van der Waals surface area (Å²) in [6, 6.07) is 3.56. The molecule has 0 atom stereocenters. The monoisotopic (exact) mass is 343 g/mol. The lowest BCUT2D eigenvalue weighted by Crippen LogP contribution is -2.32. The van der Waals surface area contributed by atoms with E-state index in [1.165, 1.54) is 22.2 Å². The fourth-order valence-electron chi connectivity index (χ4n) is 3.10. The van der Waals surface area contributed by atoms with Crippen LogP contribution in [0.1, 0.15) is 29.0 Å². The molecule has 0 spiro atoms. The highest BCUT2D eigenvalue weighted by Gasteiger charge is 2.20. The lowest BCUT2D eigenvalue weighted by atomic mass is 9.97. The van der Waals surface area contributed by atoms with Crippen LogP contribution in [0.25, 0.3) is 10.2 Å². The minimum Gasteiger partial charge on any atom is -0.467 e. The van der Waals surface area contributed by atoms with Gasteiger partial charge in [-0.2, -0.15) is 0 Å². The molecule has 3 heterocycles. The number of carbonyl (C=O) groups excluding carboxylic acids is 1. The molecule has 0 saturated carbocycles. The summed E-state index contributed by atoms with van der Waals surface area (Å²) in [5, 5.41) is 3.45. The Morgan fingerprint density at radius 1 is 1.38 bits per heavy atom. The quantitative estimate of drug-likeness (QED) is 0.788. The number of hydrogen-bond donors (Lipinski definition) is 1. The van der Waals surface area contributed by atoms with Gasteiger partial charge in [0, 0.05) is 4.88 Å². The molecule has 0 bridgehead atoms. The maximum Gasteiger partial charge on any atom is 0.262 e. The third kappa shape index (κ3) is 2.75. The van der Waals surface area contributed by atoms with Gasteiger partial charge in [-0.15, -0.1) is 11.3 Å². The van der Waals surface area contributed by atoms with Crippen molar-refractivity contribution in [3.05, 3.63) is 51.3 Å². The second-order valence-corrected chi connectivity index (χ2v) is 7.01. The molecule has 0 aromatic carbocycles. The van der Waals surface area contributed by atoms with Crippen molar-refractivity contribution in [2.24, 2.45) is 0 Å². The third-order valence-electron chi connectivity index (χ3n) is 4.30. The van der Waals surface area contributed by atoms with E-state index < -0.39 is 0 Å². The van der Waals surface area contributed by atoms with Crippen LogP contribution in [0.5, 0.6) is 0 Å². The number of aromatic nitrogens is 2. The summed E-state index contributed by atoms with van der Waals surface area (Å²) in [6.07, 6.45) is 7.27. The van der Waals surface area contributed by atoms with Crippen LogP contribution >= 0.6 is 11.3 Å². The summed E-state index contributed by atoms with van der Waals surface area (Å²) < 4.78 is 6.56. The van der Waals surface area contributed by atoms with Gasteiger partial charge in [-0.1, -0.05) is 0 Å². The molecule has 0 unspecified atom stereocenters. The summed E-state index contributed by atoms with van der Waals surface area (Å²) in [4.78, 5) is 31.3. The molecule has 124 valence electrons. The Kier molecular flexibility index (Phi) is 3.93. The Hall–Kier alpha value is -2.41. The van der Waals surface area contributed by atoms with E-state index in [4.69, 9.17) is 4.42 Å². The third-order valence-corrected chi connectivity index (χ3v) is 5.50. The topological polar surface area (TPSA) is 77.1 Å². The Bertz CT molecular complexity index is 940. The predicted molar refractivity (Wildman–Crippen MR) is 91.1 cm³/mol. The van der Waals surface area contributed by atoms with Crippen LogP contribution in [-0.4, -0.2) is 15.5 Å². The Morgan fingerprint density at radius 3 is 3.08 bits per heavy atom. The van der Waals surface area contributed by atoms with Crippen molar-refractivity contribution in [2.75, 3.05) is 0 Å². The first kappa shape index (κ1) is 15.1. The van der Waals surface area contributed by atoms with Crippen molar-refractivity contribution < 1.29 is 9.21 Å². The molecule has 1 amide bonds. The summed E-state index contributed by atoms with van der Waals surface area (Å²) in [7, 11) is 0. The molecule has 1 N–H and O–H groups in total. The van der Waals surface area contributed by atoms with Crippen LogP contribution in [0.3, 0.4) is 0 Å². The van der Waals surface area contributed by atoms with Crippen molar-refractivity contribution in [1.29, 1.82) is 0 Å². The van der Waals surface area contributed by atoms with E-state index in [1.807, 2.05) is 0 Å². The number of fused-ring (bicyclic) bond motifs is 3. The minimum absolute atomic E-state index is 0.0346. The van der Waals surface area contributed by atoms with Crippen LogP contribution in [0.2, 0.25) is 0 Å². The van der Waals surface area contributed by atoms with Crippen molar-refractivity contribution in [1.82, 2.24) is 14.9 Å². The average Bonchev–Trinajstić information content (AvgIpc) is 3.22. The average molecular weight is 343 g/mol. The molecule has 3 aromatic rings. The normalized spacial score (nSPS) is 13.8. The SMILES string of the molecule is O=C(Cn1cnc2sc3c(c2c1=O)CCCC3)NCc1ccco1. The highest BCUT2D eigenvalue weighted by Crippen LogP contribution is 2.33. The maximum absolute atomic E-state index is 12.8. The van der Waals surface area contributed by atoms with Crippen molar-refractivity contribution >= 4 is 27.5 Å². The molecule has 0 radical (unpaired) electrons. The van der Waals surface area contributed by atoms with Gasteiger partial charge in [-0.25, -0.2) is 4.98 Å². The van der Waals surface area contributed by atoms with Crippen LogP contribution in [0.15, 0.2) is 33.9 Å². The standard InChI is InChI=1S/C17H17N3O3S/c21-14(18-8-11-4-3-7-23-11)9-20-10-19-16-15(17(20)22)12-5-1-2-6-13(12)24-16/h3-4,7,10H,1-2,5-6,8-9H2,(H,18,21). The highest BCUT2D eigenvalue weighted by molar-refractivity contribution is 7.18. The fraction of sp³-hybridized carbons (Fsp3) is 0.353. The largest absolute Gasteiger partial charge is 0.467 e. The van der Waals surface area contributed by atoms with Crippen molar-refractivity contribution in [3.8, 4) is 0 Å². The van der Waals surface area contributed by atoms with Crippen LogP contribution < -0.4 is 10.9 Å². The van der Waals surface area contributed by atoms with E-state index in [9.17, 15) is 9.59 Å². The number of amides is 1. The number of aryl methyl sites for hydroxylation is 2. The van der Waals surface area contributed by atoms with E-state index in [2.05, 4.69) is 10.3 Å². The molecule has 0 fully saturated rings. The summed E-state index contributed by atoms with van der Waals surface area (Å²) >= 11 is 1.61. The predicted octanol–water partition coefficient (Wildman–Crippen LogP) is 2.25. The molecule has 1 aliphatic carbocycles. The van der Waals surface area contributed by atoms with Gasteiger partial charge in [-0.05, 0) is 43.4 Å². The highest BCUT2D eigenvalue weighted by atomic mass is 32.1. The van der Waals surface area contributed by atoms with E-state index >= 15 is 0 Å². The van der Waals surface area contributed by atoms with Gasteiger partial charge >= 0.3 is 0 Å². The second-order valence-electron chi connectivity index (χ2n) is 5.92. The van der Waals surface area contributed by atoms with Gasteiger partial charge in [0.2, 0.25) is 5.91 Å². The molecule has 24 heavy (non-hydrogen) atoms. The number of furan rings is 1. The van der Waals surface area contributed by atoms with Crippen molar-refractivity contribution in [3.63, 3.8) is 0 Å². The number of rotatable bonds is 4. The Balaban J connectivity index is 1.57. The Morgan fingerprint density at radius 2 is 2.25 bits per heavy atom. The molecule has 0 aliphatic heterocycles. The molecular weight excluding hydrogens is 326 g/mol. The molecule has 7 heteroatoms. The van der Waals surface area contributed by atoms with Gasteiger partial charge < -0.3 is 9.73 Å². The van der Waals surface area contributed by atoms with E-state index in [1.54, 1.807) is 29.7 Å². The Labute approximate surface area is 142 Å². The van der Waals surface area contributed by atoms with Gasteiger partial charge in [0.15, 0.2) is 0 Å². The molecule has 1 aliphatic rings. The fourth-order valence-corrected chi connectivity index (χ4v) is 4.32. The van der Waals surface area contributed by atoms with E-state index in [0.29, 0.717) is 17.7 Å². The van der Waals surface area contributed by atoms with Crippen LogP contribution in [0, 0.1) is 0 Å². The first-order valence-electron chi connectivity index (χ1n) is 8.01. The molecule has 6 nitrogen and oxygen atoms in total. The van der Waals surface area contributed by atoms with E-state index in [0.717, 1.165) is 29.7 Å². The smallest absolute Gasteiger partial charge is 0.262 e. The van der Waals surface area contributed by atoms with Gasteiger partial charge in [0.25, 0.3) is 5.56 Å². The maximum atomic E-state index is 12.8. The summed E-state index contributed by atoms with van der Waals surface area (Å²) in [6.45, 7) is 0.275. The van der Waals surface area contributed by atoms with Gasteiger partial charge in [0.05, 0.1) is 24.5 Å². The first-order valence-corrected chi connectivity index (χ1v) is 8.83. The zero-order chi connectivity index (χ0) is 16.5. The number of thiophene rings is 1. The number of nitrogens with zero attached hydrogens (tertiary/aromatic N) is 2. The molecule has 0 saturated heterocycles. The summed E-state index contributed by atoms with van der Waals surface area (Å²) in [5.74, 6) is 0.440. The summed E-state index contributed by atoms with van der Waals surface area (Å²) in [5.41, 5.74) is 1.02. The first-order chi connectivity index (χ1) is 11.7. The van der Waals surface area contributed by atoms with Gasteiger partial charge in [0.1, 0.15) is 17.1 Å². The molecule has 4 rings (SSSR count). The van der Waals surface area contributed by atoms with E-state index in [-0.39, 0.29) is 18.0 Å². The number of carbonyl (C=O) groups is 1. The van der Waals surface area contributed by atoms with Gasteiger partial charge in [-0.3, -0.25) is 14.2 Å². The number of nitrogens with one attached hydrogen (secondary N) is 1. The lowest BCUT2D eigenvalue weighted by Gasteiger charge is -2.10. The molecular formula is C17H17N3O3S. The minimum atomic E-state index is -0.237.